The zero-order chi connectivity index (χ0) is 37.2. The van der Waals surface area contributed by atoms with Gasteiger partial charge in [0.05, 0.1) is 65.7 Å². The molecule has 1 aliphatic heterocycles. The topological polar surface area (TPSA) is 237 Å². The summed E-state index contributed by atoms with van der Waals surface area (Å²) in [7, 11) is 0. The third-order valence-corrected chi connectivity index (χ3v) is 7.71. The fraction of sp³-hybridized carbons (Fsp3) is 0.167. The number of azo groups is 2. The van der Waals surface area contributed by atoms with Crippen molar-refractivity contribution in [2.75, 3.05) is 41.8 Å². The summed E-state index contributed by atoms with van der Waals surface area (Å²) in [5.74, 6) is -1.96. The third-order valence-electron chi connectivity index (χ3n) is 7.71. The monoisotopic (exact) mass is 716 g/mol. The number of morpholine rings is 1. The van der Waals surface area contributed by atoms with Crippen LogP contribution in [0.1, 0.15) is 42.7 Å². The molecule has 6 rings (SSSR count). The Morgan fingerprint density at radius 2 is 1.06 bits per heavy atom. The molecule has 268 valence electrons. The van der Waals surface area contributed by atoms with Gasteiger partial charge in [0.25, 0.3) is 0 Å². The van der Waals surface area contributed by atoms with Gasteiger partial charge in [-0.3, -0.25) is 0 Å². The highest BCUT2D eigenvalue weighted by molar-refractivity contribution is 5.95. The number of hydrogen-bond acceptors (Lipinski definition) is 14. The maximum atomic E-state index is 11.4. The molecule has 0 amide bonds. The van der Waals surface area contributed by atoms with Crippen molar-refractivity contribution in [2.24, 2.45) is 20.5 Å². The van der Waals surface area contributed by atoms with Gasteiger partial charge in [0, 0.05) is 24.5 Å². The summed E-state index contributed by atoms with van der Waals surface area (Å²) in [6.07, 6.45) is 0. The number of hydrogen-bond donors (Lipinski definition) is 5. The summed E-state index contributed by atoms with van der Waals surface area (Å²) in [5, 5.41) is 50.9. The molecule has 5 N–H and O–H groups in total. The minimum absolute atomic E-state index is 0.0991. The largest absolute Gasteiger partial charge is 0.478 e. The van der Waals surface area contributed by atoms with E-state index in [0.29, 0.717) is 74.1 Å². The van der Waals surface area contributed by atoms with Crippen LogP contribution < -0.4 is 15.5 Å². The van der Waals surface area contributed by atoms with E-state index in [1.807, 2.05) is 12.1 Å². The molecule has 53 heavy (non-hydrogen) atoms. The molecule has 17 nitrogen and oxygen atoms in total. The van der Waals surface area contributed by atoms with E-state index >= 15 is 0 Å². The number of carboxylic acids is 3. The van der Waals surface area contributed by atoms with E-state index in [4.69, 9.17) is 14.7 Å². The first kappa shape index (κ1) is 35.7. The molecule has 2 heterocycles. The average Bonchev–Trinajstić information content (AvgIpc) is 3.18. The first-order valence-electron chi connectivity index (χ1n) is 16.2. The van der Waals surface area contributed by atoms with Crippen LogP contribution in [0.4, 0.5) is 40.1 Å². The second-order valence-electron chi connectivity index (χ2n) is 11.5. The van der Waals surface area contributed by atoms with E-state index < -0.39 is 17.9 Å². The van der Waals surface area contributed by atoms with Crippen molar-refractivity contribution in [3.63, 3.8) is 0 Å². The van der Waals surface area contributed by atoms with Gasteiger partial charge in [-0.2, -0.15) is 30.4 Å². The normalized spacial score (nSPS) is 12.9. The van der Waals surface area contributed by atoms with E-state index in [1.54, 1.807) is 48.5 Å². The van der Waals surface area contributed by atoms with Crippen molar-refractivity contribution in [2.45, 2.75) is 13.1 Å². The van der Waals surface area contributed by atoms with Crippen LogP contribution in [0.2, 0.25) is 0 Å². The van der Waals surface area contributed by atoms with Gasteiger partial charge in [0.2, 0.25) is 5.95 Å². The Kier molecular flexibility index (Phi) is 11.2. The summed E-state index contributed by atoms with van der Waals surface area (Å²) >= 11 is 0. The smallest absolute Gasteiger partial charge is 0.335 e. The van der Waals surface area contributed by atoms with Crippen molar-refractivity contribution < 1.29 is 34.4 Å². The standard InChI is InChI=1S/C36H32N10O7/c47-33(48)22-2-1-3-29(17-22)44-42-27-8-4-25(5-9-27)37-20-31-39-32(41-36(40-31)46-12-14-53-15-13-46)21-38-26-6-10-28(11-7-26)43-45-30-18-23(34(49)50)16-24(19-30)35(51)52/h1-11,16-19,37-38H,12-15,20-21H2,(H,47,48)(H,49,50)(H,51,52). The van der Waals surface area contributed by atoms with Gasteiger partial charge in [0.15, 0.2) is 11.6 Å². The van der Waals surface area contributed by atoms with Gasteiger partial charge >= 0.3 is 17.9 Å². The highest BCUT2D eigenvalue weighted by Crippen LogP contribution is 2.24. The number of carboxylic acid groups (broad SMARTS) is 3. The Labute approximate surface area is 301 Å². The van der Waals surface area contributed by atoms with E-state index in [0.717, 1.165) is 17.4 Å². The lowest BCUT2D eigenvalue weighted by atomic mass is 10.1. The average molecular weight is 717 g/mol. The molecule has 0 spiro atoms. The van der Waals surface area contributed by atoms with Gasteiger partial charge in [0.1, 0.15) is 0 Å². The molecule has 0 atom stereocenters. The molecule has 5 aromatic rings. The molecule has 0 saturated carbocycles. The quantitative estimate of drug-likeness (QED) is 0.0740. The summed E-state index contributed by atoms with van der Waals surface area (Å²) in [4.78, 5) is 50.1. The molecule has 1 aliphatic rings. The lowest BCUT2D eigenvalue weighted by molar-refractivity contribution is 0.0682. The first-order chi connectivity index (χ1) is 25.7. The number of anilines is 3. The molecular formula is C36H32N10O7. The van der Waals surface area contributed by atoms with Gasteiger partial charge in [-0.1, -0.05) is 6.07 Å². The van der Waals surface area contributed by atoms with Crippen molar-refractivity contribution >= 4 is 58.0 Å². The molecule has 0 unspecified atom stereocenters. The predicted molar refractivity (Wildman–Crippen MR) is 193 cm³/mol. The Bertz CT molecular complexity index is 2140. The van der Waals surface area contributed by atoms with Crippen LogP contribution in [-0.2, 0) is 17.8 Å². The zero-order valence-corrected chi connectivity index (χ0v) is 28.0. The Hall–Kier alpha value is -7.14. The number of benzene rings is 4. The second-order valence-corrected chi connectivity index (χ2v) is 11.5. The zero-order valence-electron chi connectivity index (χ0n) is 28.0. The number of carbonyl (C=O) groups is 3. The maximum Gasteiger partial charge on any atom is 0.335 e. The van der Waals surface area contributed by atoms with Crippen LogP contribution in [-0.4, -0.2) is 74.5 Å². The van der Waals surface area contributed by atoms with Gasteiger partial charge in [-0.05, 0) is 84.9 Å². The summed E-state index contributed by atoms with van der Waals surface area (Å²) in [6.45, 7) is 3.04. The second kappa shape index (κ2) is 16.7. The lowest BCUT2D eigenvalue weighted by Gasteiger charge is -2.27. The number of aromatic nitrogens is 3. The van der Waals surface area contributed by atoms with Crippen molar-refractivity contribution in [3.8, 4) is 0 Å². The van der Waals surface area contributed by atoms with E-state index in [-0.39, 0.29) is 22.4 Å². The third kappa shape index (κ3) is 9.98. The summed E-state index contributed by atoms with van der Waals surface area (Å²) in [6, 6.07) is 24.0. The number of ether oxygens (including phenoxy) is 1. The highest BCUT2D eigenvalue weighted by Gasteiger charge is 2.17. The number of aromatic carboxylic acids is 3. The Morgan fingerprint density at radius 3 is 1.57 bits per heavy atom. The van der Waals surface area contributed by atoms with Gasteiger partial charge < -0.3 is 35.6 Å². The van der Waals surface area contributed by atoms with Gasteiger partial charge in [-0.25, -0.2) is 19.4 Å². The van der Waals surface area contributed by atoms with E-state index in [2.05, 4.69) is 41.0 Å². The van der Waals surface area contributed by atoms with Crippen LogP contribution in [0.3, 0.4) is 0 Å². The lowest BCUT2D eigenvalue weighted by Crippen LogP contribution is -2.38. The summed E-state index contributed by atoms with van der Waals surface area (Å²) in [5.41, 5.74) is 2.88. The Morgan fingerprint density at radius 1 is 0.585 bits per heavy atom. The summed E-state index contributed by atoms with van der Waals surface area (Å²) < 4.78 is 5.50. The number of nitrogens with zero attached hydrogens (tertiary/aromatic N) is 8. The van der Waals surface area contributed by atoms with Crippen molar-refractivity contribution in [1.82, 2.24) is 15.0 Å². The molecule has 0 aliphatic carbocycles. The number of nitrogens with one attached hydrogen (secondary N) is 2. The predicted octanol–water partition coefficient (Wildman–Crippen LogP) is 6.86. The molecule has 1 saturated heterocycles. The SMILES string of the molecule is O=C(O)c1cccc(N=Nc2ccc(NCc3nc(CNc4ccc(N=Nc5cc(C(=O)O)cc(C(=O)O)c5)cc4)nc(N4CCOCC4)n3)cc2)c1. The molecule has 4 aromatic carbocycles. The molecule has 1 aromatic heterocycles. The van der Waals surface area contributed by atoms with E-state index in [9.17, 15) is 29.7 Å². The van der Waals surface area contributed by atoms with Crippen LogP contribution in [0.25, 0.3) is 0 Å². The van der Waals surface area contributed by atoms with Crippen LogP contribution >= 0.6 is 0 Å². The molecular weight excluding hydrogens is 684 g/mol. The van der Waals surface area contributed by atoms with Gasteiger partial charge in [-0.15, -0.1) is 0 Å². The van der Waals surface area contributed by atoms with Crippen molar-refractivity contribution in [3.05, 3.63) is 119 Å². The Balaban J connectivity index is 1.10. The van der Waals surface area contributed by atoms with Crippen LogP contribution in [0.15, 0.2) is 111 Å². The minimum atomic E-state index is -1.27. The number of rotatable bonds is 14. The van der Waals surface area contributed by atoms with E-state index in [1.165, 1.54) is 24.3 Å². The van der Waals surface area contributed by atoms with Crippen LogP contribution in [0, 0.1) is 0 Å². The molecule has 17 heteroatoms. The minimum Gasteiger partial charge on any atom is -0.478 e. The molecule has 1 fully saturated rings. The van der Waals surface area contributed by atoms with Crippen molar-refractivity contribution in [1.29, 1.82) is 0 Å². The molecule has 0 bridgehead atoms. The maximum absolute atomic E-state index is 11.4. The van der Waals surface area contributed by atoms with Crippen LogP contribution in [0.5, 0.6) is 0 Å². The first-order valence-corrected chi connectivity index (χ1v) is 16.2. The fourth-order valence-corrected chi connectivity index (χ4v) is 5.02. The molecule has 0 radical (unpaired) electrons. The fourth-order valence-electron chi connectivity index (χ4n) is 5.02. The highest BCUT2D eigenvalue weighted by atomic mass is 16.5.